The fourth-order valence-corrected chi connectivity index (χ4v) is 6.53. The Morgan fingerprint density at radius 1 is 0.755 bits per heavy atom. The lowest BCUT2D eigenvalue weighted by Gasteiger charge is -2.41. The molecule has 53 heavy (non-hydrogen) atoms. The number of hydrogen-bond donors (Lipinski definition) is 7. The Morgan fingerprint density at radius 2 is 1.26 bits per heavy atom. The summed E-state index contributed by atoms with van der Waals surface area (Å²) >= 11 is 0. The highest BCUT2D eigenvalue weighted by Gasteiger charge is 2.48. The highest BCUT2D eigenvalue weighted by Crippen LogP contribution is 2.26. The zero-order chi connectivity index (χ0) is 39.3. The summed E-state index contributed by atoms with van der Waals surface area (Å²) < 4.78 is 47.2. The third-order valence-electron chi connectivity index (χ3n) is 9.26. The first kappa shape index (κ1) is 49.3. The molecule has 0 radical (unpaired) electrons. The van der Waals surface area contributed by atoms with E-state index in [1.54, 1.807) is 6.08 Å². The standard InChI is InChI=1S/C39H71NO12S/c1-3-5-7-9-11-13-15-16-18-19-21-23-25-27-32(42)31(30-50-39-36(45)37(52-53(47,48)49)35(44)34(29-41)51-39)40-38(46)33(43)28-26-24-22-20-17-14-12-10-8-6-4-2/h11,13,18-19,25,27,31-37,39,41-45H,3-10,12,14-17,20-24,26,28-30H2,1-2H3,(H,40,46)(H,47,48,49)/b13-11+,19-18+,27-25+. The number of aliphatic hydroxyl groups excluding tert-OH is 5. The highest BCUT2D eigenvalue weighted by molar-refractivity contribution is 7.80. The Hall–Kier alpha value is -1.72. The number of allylic oxidation sites excluding steroid dienone is 5. The highest BCUT2D eigenvalue weighted by atomic mass is 32.3. The largest absolute Gasteiger partial charge is 0.397 e. The first-order valence-electron chi connectivity index (χ1n) is 20.0. The van der Waals surface area contributed by atoms with Gasteiger partial charge in [-0.25, -0.2) is 4.18 Å². The van der Waals surface area contributed by atoms with Crippen LogP contribution < -0.4 is 5.32 Å². The van der Waals surface area contributed by atoms with Crippen LogP contribution in [0.1, 0.15) is 142 Å². The second-order valence-electron chi connectivity index (χ2n) is 14.0. The van der Waals surface area contributed by atoms with Gasteiger partial charge in [-0.3, -0.25) is 9.35 Å². The molecule has 0 saturated carbocycles. The normalized spacial score (nSPS) is 22.9. The van der Waals surface area contributed by atoms with E-state index in [2.05, 4.69) is 47.7 Å². The fraction of sp³-hybridized carbons (Fsp3) is 0.821. The number of rotatable bonds is 32. The van der Waals surface area contributed by atoms with Crippen molar-refractivity contribution in [1.82, 2.24) is 5.32 Å². The molecule has 1 amide bonds. The van der Waals surface area contributed by atoms with Gasteiger partial charge < -0.3 is 40.3 Å². The van der Waals surface area contributed by atoms with Gasteiger partial charge in [0.25, 0.3) is 0 Å². The van der Waals surface area contributed by atoms with E-state index >= 15 is 0 Å². The Kier molecular flexibility index (Phi) is 28.4. The van der Waals surface area contributed by atoms with E-state index < -0.39 is 78.5 Å². The quantitative estimate of drug-likeness (QED) is 0.0262. The Bertz CT molecular complexity index is 1120. The summed E-state index contributed by atoms with van der Waals surface area (Å²) in [5, 5.41) is 54.8. The average molecular weight is 778 g/mol. The van der Waals surface area contributed by atoms with Crippen molar-refractivity contribution in [3.63, 3.8) is 0 Å². The van der Waals surface area contributed by atoms with Crippen LogP contribution in [-0.4, -0.2) is 107 Å². The first-order chi connectivity index (χ1) is 25.4. The van der Waals surface area contributed by atoms with E-state index in [0.717, 1.165) is 44.9 Å². The molecule has 1 aliphatic rings. The van der Waals surface area contributed by atoms with Crippen molar-refractivity contribution in [2.75, 3.05) is 13.2 Å². The van der Waals surface area contributed by atoms with Gasteiger partial charge in [-0.15, -0.1) is 0 Å². The number of carbonyl (C=O) groups is 1. The van der Waals surface area contributed by atoms with E-state index in [0.29, 0.717) is 12.8 Å². The van der Waals surface area contributed by atoms with E-state index in [1.165, 1.54) is 70.3 Å². The fourth-order valence-electron chi connectivity index (χ4n) is 6.02. The summed E-state index contributed by atoms with van der Waals surface area (Å²) in [4.78, 5) is 13.0. The van der Waals surface area contributed by atoms with Gasteiger partial charge in [-0.2, -0.15) is 8.42 Å². The molecule has 0 aromatic rings. The minimum Gasteiger partial charge on any atom is -0.394 e. The molecule has 1 saturated heterocycles. The van der Waals surface area contributed by atoms with Crippen molar-refractivity contribution >= 4 is 16.3 Å². The van der Waals surface area contributed by atoms with Crippen LogP contribution in [0.4, 0.5) is 0 Å². The molecule has 1 rings (SSSR count). The van der Waals surface area contributed by atoms with Crippen LogP contribution in [0.5, 0.6) is 0 Å². The lowest BCUT2D eigenvalue weighted by Crippen LogP contribution is -2.61. The third kappa shape index (κ3) is 23.7. The molecule has 7 N–H and O–H groups in total. The molecule has 0 bridgehead atoms. The predicted molar refractivity (Wildman–Crippen MR) is 205 cm³/mol. The van der Waals surface area contributed by atoms with Crippen molar-refractivity contribution in [1.29, 1.82) is 0 Å². The summed E-state index contributed by atoms with van der Waals surface area (Å²) in [6, 6.07) is -1.14. The summed E-state index contributed by atoms with van der Waals surface area (Å²) in [6.07, 6.45) is 21.0. The van der Waals surface area contributed by atoms with Crippen molar-refractivity contribution in [3.8, 4) is 0 Å². The summed E-state index contributed by atoms with van der Waals surface area (Å²) in [7, 11) is -5.12. The molecule has 14 heteroatoms. The number of carbonyl (C=O) groups excluding carboxylic acids is 1. The molecule has 8 atom stereocenters. The maximum Gasteiger partial charge on any atom is 0.397 e. The zero-order valence-corrected chi connectivity index (χ0v) is 33.0. The predicted octanol–water partition coefficient (Wildman–Crippen LogP) is 5.35. The van der Waals surface area contributed by atoms with Crippen LogP contribution in [0, 0.1) is 0 Å². The number of aliphatic hydroxyl groups is 5. The van der Waals surface area contributed by atoms with Gasteiger partial charge in [0, 0.05) is 0 Å². The number of amides is 1. The van der Waals surface area contributed by atoms with E-state index in [-0.39, 0.29) is 6.42 Å². The SMILES string of the molecule is CCCCC/C=C/CC/C=C/CC/C=C/C(O)C(COC1OC(CO)C(O)C(OS(=O)(=O)O)C1O)NC(=O)C(O)CCCCCCCCCCCCC. The van der Waals surface area contributed by atoms with Crippen molar-refractivity contribution in [3.05, 3.63) is 36.5 Å². The first-order valence-corrected chi connectivity index (χ1v) is 21.3. The molecule has 1 aliphatic heterocycles. The maximum atomic E-state index is 13.0. The molecule has 0 aliphatic carbocycles. The number of ether oxygens (including phenoxy) is 2. The molecule has 1 fully saturated rings. The lowest BCUT2D eigenvalue weighted by molar-refractivity contribution is -0.298. The minimum absolute atomic E-state index is 0.235. The molecule has 310 valence electrons. The number of nitrogens with one attached hydrogen (secondary N) is 1. The van der Waals surface area contributed by atoms with Gasteiger partial charge in [0.2, 0.25) is 5.91 Å². The Labute approximate surface area is 318 Å². The smallest absolute Gasteiger partial charge is 0.394 e. The van der Waals surface area contributed by atoms with Gasteiger partial charge in [0.05, 0.1) is 25.4 Å². The van der Waals surface area contributed by atoms with Gasteiger partial charge >= 0.3 is 10.4 Å². The van der Waals surface area contributed by atoms with Crippen LogP contribution in [0.2, 0.25) is 0 Å². The summed E-state index contributed by atoms with van der Waals surface area (Å²) in [5.41, 5.74) is 0. The number of unbranched alkanes of at least 4 members (excludes halogenated alkanes) is 15. The van der Waals surface area contributed by atoms with Crippen LogP contribution in [0.3, 0.4) is 0 Å². The average Bonchev–Trinajstić information content (AvgIpc) is 3.12. The molecular formula is C39H71NO12S. The summed E-state index contributed by atoms with van der Waals surface area (Å²) in [6.45, 7) is 3.11. The summed E-state index contributed by atoms with van der Waals surface area (Å²) in [5.74, 6) is -0.721. The molecule has 8 unspecified atom stereocenters. The second kappa shape index (κ2) is 30.5. The molecule has 0 aromatic heterocycles. The molecular weight excluding hydrogens is 706 g/mol. The van der Waals surface area contributed by atoms with Gasteiger partial charge in [0.15, 0.2) is 6.29 Å². The number of hydrogen-bond acceptors (Lipinski definition) is 11. The molecule has 13 nitrogen and oxygen atoms in total. The third-order valence-corrected chi connectivity index (χ3v) is 9.72. The Morgan fingerprint density at radius 3 is 1.81 bits per heavy atom. The Balaban J connectivity index is 2.74. The van der Waals surface area contributed by atoms with Crippen molar-refractivity contribution in [2.45, 2.75) is 191 Å². The molecule has 0 aromatic carbocycles. The van der Waals surface area contributed by atoms with Crippen LogP contribution in [0.25, 0.3) is 0 Å². The second-order valence-corrected chi connectivity index (χ2v) is 15.0. The van der Waals surface area contributed by atoms with Gasteiger partial charge in [0.1, 0.15) is 30.5 Å². The van der Waals surface area contributed by atoms with E-state index in [9.17, 15) is 38.7 Å². The minimum atomic E-state index is -5.12. The lowest BCUT2D eigenvalue weighted by atomic mass is 9.99. The monoisotopic (exact) mass is 777 g/mol. The van der Waals surface area contributed by atoms with Gasteiger partial charge in [-0.05, 0) is 44.9 Å². The molecule has 1 heterocycles. The van der Waals surface area contributed by atoms with Crippen LogP contribution in [0.15, 0.2) is 36.5 Å². The van der Waals surface area contributed by atoms with Gasteiger partial charge in [-0.1, -0.05) is 134 Å². The van der Waals surface area contributed by atoms with E-state index in [1.807, 2.05) is 0 Å². The van der Waals surface area contributed by atoms with Crippen LogP contribution >= 0.6 is 0 Å². The zero-order valence-electron chi connectivity index (χ0n) is 32.2. The maximum absolute atomic E-state index is 13.0. The van der Waals surface area contributed by atoms with Crippen molar-refractivity contribution in [2.24, 2.45) is 0 Å². The molecule has 0 spiro atoms. The van der Waals surface area contributed by atoms with E-state index in [4.69, 9.17) is 14.0 Å². The van der Waals surface area contributed by atoms with Crippen molar-refractivity contribution < 1.29 is 57.0 Å². The van der Waals surface area contributed by atoms with Crippen LogP contribution in [-0.2, 0) is 28.9 Å². The topological polar surface area (TPSA) is 212 Å².